The lowest BCUT2D eigenvalue weighted by molar-refractivity contribution is -0.0395. The number of allylic oxidation sites excluding steroid dienone is 1. The molecule has 4 aliphatic rings. The lowest BCUT2D eigenvalue weighted by atomic mass is 9.99. The molecule has 2 saturated carbocycles. The summed E-state index contributed by atoms with van der Waals surface area (Å²) in [5.41, 5.74) is 13.1. The van der Waals surface area contributed by atoms with Crippen LogP contribution < -0.4 is 16.2 Å². The second kappa shape index (κ2) is 6.94. The van der Waals surface area contributed by atoms with Crippen LogP contribution in [0.3, 0.4) is 0 Å². The van der Waals surface area contributed by atoms with E-state index in [4.69, 9.17) is 16.2 Å². The van der Waals surface area contributed by atoms with E-state index in [1.165, 1.54) is 0 Å². The normalized spacial score (nSPS) is 36.8. The van der Waals surface area contributed by atoms with Crippen LogP contribution in [-0.2, 0) is 0 Å². The number of hydrogen-bond acceptors (Lipinski definition) is 8. The fraction of sp³-hybridized carbons (Fsp3) is 0.391. The van der Waals surface area contributed by atoms with Gasteiger partial charge in [0, 0.05) is 28.8 Å². The van der Waals surface area contributed by atoms with Gasteiger partial charge in [-0.3, -0.25) is 4.99 Å². The first-order valence-corrected chi connectivity index (χ1v) is 11.5. The van der Waals surface area contributed by atoms with Crippen LogP contribution in [0.15, 0.2) is 57.8 Å². The molecule has 2 aromatic rings. The van der Waals surface area contributed by atoms with E-state index in [-0.39, 0.29) is 24.0 Å². The van der Waals surface area contributed by atoms with E-state index in [1.54, 1.807) is 6.21 Å². The Morgan fingerprint density at radius 3 is 2.94 bits per heavy atom. The van der Waals surface area contributed by atoms with E-state index in [9.17, 15) is 10.2 Å². The molecule has 0 amide bonds. The molecule has 166 valence electrons. The Labute approximate surface area is 193 Å². The highest BCUT2D eigenvalue weighted by molar-refractivity contribution is 9.10. The molecular formula is C23H24BrN5O3. The zero-order valence-electron chi connectivity index (χ0n) is 17.2. The highest BCUT2D eigenvalue weighted by Crippen LogP contribution is 2.65. The molecule has 8 nitrogen and oxygen atoms in total. The average Bonchev–Trinajstić information content (AvgIpc) is 3.27. The summed E-state index contributed by atoms with van der Waals surface area (Å²) in [4.78, 5) is 11.0. The van der Waals surface area contributed by atoms with Gasteiger partial charge >= 0.3 is 0 Å². The standard InChI is InChI=1S/C23H24BrN5O3/c24-15-7-11-1-2-12(8-17(11)28-21(15)26)32-10-23-9-14(23)18(19(30)20(23)31)29-6-4-13-16(25)3-5-27-22(13)29/h1-8,13-14,18-20,22,30-31H,9-10,25H2,(H2,26,28)/t13?,14-,18-,19+,20+,22?,23+/m1/s1. The largest absolute Gasteiger partial charge is 0.493 e. The van der Waals surface area contributed by atoms with Crippen LogP contribution in [0.1, 0.15) is 6.42 Å². The first-order chi connectivity index (χ1) is 15.4. The van der Waals surface area contributed by atoms with Gasteiger partial charge in [-0.15, -0.1) is 0 Å². The van der Waals surface area contributed by atoms with Crippen LogP contribution in [0.2, 0.25) is 0 Å². The van der Waals surface area contributed by atoms with Crippen molar-refractivity contribution < 1.29 is 14.9 Å². The zero-order chi connectivity index (χ0) is 22.2. The van der Waals surface area contributed by atoms with E-state index >= 15 is 0 Å². The number of halogens is 1. The predicted molar refractivity (Wildman–Crippen MR) is 125 cm³/mol. The van der Waals surface area contributed by atoms with Crippen molar-refractivity contribution >= 4 is 38.9 Å². The number of anilines is 1. The molecule has 0 radical (unpaired) electrons. The quantitative estimate of drug-likeness (QED) is 0.506. The lowest BCUT2D eigenvalue weighted by Crippen LogP contribution is -2.48. The van der Waals surface area contributed by atoms with E-state index in [2.05, 4.69) is 30.8 Å². The van der Waals surface area contributed by atoms with Crippen molar-refractivity contribution in [3.05, 3.63) is 52.8 Å². The Kier molecular flexibility index (Phi) is 4.34. The number of benzene rings is 1. The Hall–Kier alpha value is -2.62. The molecular weight excluding hydrogens is 474 g/mol. The predicted octanol–water partition coefficient (Wildman–Crippen LogP) is 1.77. The van der Waals surface area contributed by atoms with Crippen LogP contribution in [0.25, 0.3) is 10.9 Å². The zero-order valence-corrected chi connectivity index (χ0v) is 18.8. The second-order valence-corrected chi connectivity index (χ2v) is 10.0. The summed E-state index contributed by atoms with van der Waals surface area (Å²) in [6, 6.07) is 7.36. The molecule has 9 heteroatoms. The Morgan fingerprint density at radius 2 is 2.09 bits per heavy atom. The summed E-state index contributed by atoms with van der Waals surface area (Å²) in [6.07, 6.45) is 6.40. The maximum absolute atomic E-state index is 11.0. The van der Waals surface area contributed by atoms with Crippen LogP contribution in [0.4, 0.5) is 5.82 Å². The Morgan fingerprint density at radius 1 is 1.25 bits per heavy atom. The number of fused-ring (bicyclic) bond motifs is 3. The summed E-state index contributed by atoms with van der Waals surface area (Å²) in [6.45, 7) is 0.320. The third-order valence-electron chi connectivity index (χ3n) is 7.46. The highest BCUT2D eigenvalue weighted by Gasteiger charge is 2.73. The van der Waals surface area contributed by atoms with Gasteiger partial charge in [0.25, 0.3) is 0 Å². The number of aliphatic hydroxyl groups is 2. The molecule has 1 aromatic carbocycles. The topological polar surface area (TPSA) is 130 Å². The van der Waals surface area contributed by atoms with Crippen molar-refractivity contribution in [2.45, 2.75) is 30.8 Å². The molecule has 2 unspecified atom stereocenters. The minimum atomic E-state index is -0.876. The van der Waals surface area contributed by atoms with Gasteiger partial charge in [0.05, 0.1) is 34.7 Å². The Bertz CT molecular complexity index is 1200. The second-order valence-electron chi connectivity index (χ2n) is 9.16. The number of aliphatic hydroxyl groups excluding tert-OH is 2. The van der Waals surface area contributed by atoms with Crippen molar-refractivity contribution in [1.82, 2.24) is 9.88 Å². The summed E-state index contributed by atoms with van der Waals surface area (Å²) in [7, 11) is 0. The van der Waals surface area contributed by atoms with E-state index in [0.29, 0.717) is 18.2 Å². The number of ether oxygens (including phenoxy) is 1. The molecule has 2 fully saturated rings. The molecule has 6 N–H and O–H groups in total. The van der Waals surface area contributed by atoms with Crippen LogP contribution in [0, 0.1) is 17.3 Å². The first-order valence-electron chi connectivity index (χ1n) is 10.7. The van der Waals surface area contributed by atoms with Crippen molar-refractivity contribution in [3.63, 3.8) is 0 Å². The molecule has 2 aliphatic heterocycles. The summed E-state index contributed by atoms with van der Waals surface area (Å²) in [5, 5.41) is 22.8. The third-order valence-corrected chi connectivity index (χ3v) is 8.09. The number of aliphatic imine (C=N–C) groups is 1. The maximum atomic E-state index is 11.0. The van der Waals surface area contributed by atoms with Gasteiger partial charge in [0.15, 0.2) is 0 Å². The van der Waals surface area contributed by atoms with Crippen LogP contribution in [-0.4, -0.2) is 57.3 Å². The smallest absolute Gasteiger partial charge is 0.138 e. The van der Waals surface area contributed by atoms with E-state index in [0.717, 1.165) is 27.5 Å². The van der Waals surface area contributed by atoms with Gasteiger partial charge in [0.2, 0.25) is 0 Å². The minimum Gasteiger partial charge on any atom is -0.493 e. The van der Waals surface area contributed by atoms with Crippen molar-refractivity contribution in [3.8, 4) is 5.75 Å². The summed E-state index contributed by atoms with van der Waals surface area (Å²) in [5.74, 6) is 1.20. The fourth-order valence-corrected chi connectivity index (χ4v) is 5.95. The molecule has 0 saturated heterocycles. The van der Waals surface area contributed by atoms with Gasteiger partial charge in [-0.1, -0.05) is 6.08 Å². The van der Waals surface area contributed by atoms with Gasteiger partial charge in [-0.05, 0) is 58.7 Å². The molecule has 0 bridgehead atoms. The third kappa shape index (κ3) is 2.81. The molecule has 7 atom stereocenters. The molecule has 6 rings (SSSR count). The number of nitrogen functional groups attached to an aromatic ring is 1. The van der Waals surface area contributed by atoms with Gasteiger partial charge < -0.3 is 31.3 Å². The van der Waals surface area contributed by atoms with E-state index in [1.807, 2.05) is 42.6 Å². The average molecular weight is 498 g/mol. The van der Waals surface area contributed by atoms with Crippen LogP contribution in [0.5, 0.6) is 5.75 Å². The first kappa shape index (κ1) is 20.0. The Balaban J connectivity index is 1.20. The van der Waals surface area contributed by atoms with Gasteiger partial charge in [-0.2, -0.15) is 0 Å². The summed E-state index contributed by atoms with van der Waals surface area (Å²) >= 11 is 3.40. The summed E-state index contributed by atoms with van der Waals surface area (Å²) < 4.78 is 6.86. The fourth-order valence-electron chi connectivity index (χ4n) is 5.62. The SMILES string of the molecule is NC1=CC=NC2C1C=CN2[C@H]1[C@H](O)[C@H](O)[C@]2(COc3ccc4cc(Br)c(N)nc4c3)C[C@H]12. The van der Waals surface area contributed by atoms with Gasteiger partial charge in [-0.25, -0.2) is 4.98 Å². The number of hydrogen-bond donors (Lipinski definition) is 4. The number of nitrogens with two attached hydrogens (primary N) is 2. The number of pyridine rings is 1. The molecule has 3 heterocycles. The van der Waals surface area contributed by atoms with Crippen LogP contribution >= 0.6 is 15.9 Å². The molecule has 2 aliphatic carbocycles. The highest BCUT2D eigenvalue weighted by atomic mass is 79.9. The van der Waals surface area contributed by atoms with Crippen molar-refractivity contribution in [1.29, 1.82) is 0 Å². The number of aromatic nitrogens is 1. The lowest BCUT2D eigenvalue weighted by Gasteiger charge is -2.36. The number of dihydropyridines is 1. The van der Waals surface area contributed by atoms with Crippen molar-refractivity contribution in [2.75, 3.05) is 12.3 Å². The van der Waals surface area contributed by atoms with Gasteiger partial charge in [0.1, 0.15) is 23.8 Å². The maximum Gasteiger partial charge on any atom is 0.138 e. The van der Waals surface area contributed by atoms with E-state index < -0.39 is 17.6 Å². The number of nitrogens with zero attached hydrogens (tertiary/aromatic N) is 3. The minimum absolute atomic E-state index is 0.00640. The number of rotatable bonds is 4. The molecule has 0 spiro atoms. The molecule has 1 aromatic heterocycles. The monoisotopic (exact) mass is 497 g/mol. The van der Waals surface area contributed by atoms with Crippen molar-refractivity contribution in [2.24, 2.45) is 28.0 Å². The molecule has 32 heavy (non-hydrogen) atoms.